The molecule has 0 spiro atoms. The zero-order valence-corrected chi connectivity index (χ0v) is 11.4. The van der Waals surface area contributed by atoms with Crippen LogP contribution in [0.3, 0.4) is 0 Å². The van der Waals surface area contributed by atoms with Crippen molar-refractivity contribution in [2.75, 3.05) is 11.9 Å². The third-order valence-corrected chi connectivity index (χ3v) is 3.53. The summed E-state index contributed by atoms with van der Waals surface area (Å²) in [6.07, 6.45) is 1.18. The van der Waals surface area contributed by atoms with Gasteiger partial charge in [-0.15, -0.1) is 0 Å². The highest BCUT2D eigenvalue weighted by atomic mass is 15.1. The third kappa shape index (κ3) is 3.01. The van der Waals surface area contributed by atoms with Crippen molar-refractivity contribution in [3.8, 4) is 0 Å². The highest BCUT2D eigenvalue weighted by molar-refractivity contribution is 5.53. The van der Waals surface area contributed by atoms with Crippen LogP contribution in [0.15, 0.2) is 24.3 Å². The molecule has 1 aromatic carbocycles. The monoisotopic (exact) mass is 232 g/mol. The third-order valence-electron chi connectivity index (χ3n) is 3.53. The molecule has 2 N–H and O–H groups in total. The van der Waals surface area contributed by atoms with Crippen LogP contribution in [0.5, 0.6) is 0 Å². The van der Waals surface area contributed by atoms with E-state index in [-0.39, 0.29) is 5.54 Å². The molecule has 1 aliphatic heterocycles. The van der Waals surface area contributed by atoms with Crippen LogP contribution in [0.1, 0.15) is 45.6 Å². The van der Waals surface area contributed by atoms with Crippen molar-refractivity contribution in [1.82, 2.24) is 5.32 Å². The summed E-state index contributed by atoms with van der Waals surface area (Å²) in [7, 11) is 0. The fourth-order valence-corrected chi connectivity index (χ4v) is 2.61. The van der Waals surface area contributed by atoms with E-state index < -0.39 is 0 Å². The van der Waals surface area contributed by atoms with Crippen LogP contribution in [0.4, 0.5) is 5.69 Å². The second-order valence-corrected chi connectivity index (χ2v) is 6.05. The van der Waals surface area contributed by atoms with Gasteiger partial charge >= 0.3 is 0 Å². The Morgan fingerprint density at radius 2 is 2.00 bits per heavy atom. The van der Waals surface area contributed by atoms with Gasteiger partial charge in [0, 0.05) is 23.8 Å². The number of hydrogen-bond donors (Lipinski definition) is 2. The van der Waals surface area contributed by atoms with Crippen molar-refractivity contribution in [2.45, 2.75) is 51.6 Å². The molecule has 2 rings (SSSR count). The van der Waals surface area contributed by atoms with Gasteiger partial charge in [0.25, 0.3) is 0 Å². The maximum absolute atomic E-state index is 3.68. The summed E-state index contributed by atoms with van der Waals surface area (Å²) in [5.74, 6) is 0.570. The molecule has 2 heteroatoms. The summed E-state index contributed by atoms with van der Waals surface area (Å²) < 4.78 is 0. The van der Waals surface area contributed by atoms with Crippen molar-refractivity contribution >= 4 is 5.69 Å². The highest BCUT2D eigenvalue weighted by Crippen LogP contribution is 2.27. The maximum Gasteiger partial charge on any atom is 0.0403 e. The van der Waals surface area contributed by atoms with Gasteiger partial charge in [-0.05, 0) is 37.8 Å². The van der Waals surface area contributed by atoms with Gasteiger partial charge in [0.2, 0.25) is 0 Å². The number of anilines is 1. The lowest BCUT2D eigenvalue weighted by Gasteiger charge is -2.20. The molecule has 94 valence electrons. The number of nitrogens with one attached hydrogen (secondary N) is 2. The largest absolute Gasteiger partial charge is 0.381 e. The van der Waals surface area contributed by atoms with Crippen LogP contribution >= 0.6 is 0 Å². The van der Waals surface area contributed by atoms with Crippen LogP contribution in [0.25, 0.3) is 0 Å². The Morgan fingerprint density at radius 3 is 2.59 bits per heavy atom. The van der Waals surface area contributed by atoms with E-state index in [1.54, 1.807) is 0 Å². The summed E-state index contributed by atoms with van der Waals surface area (Å²) in [5.41, 5.74) is 2.98. The summed E-state index contributed by atoms with van der Waals surface area (Å²) in [6, 6.07) is 9.20. The minimum absolute atomic E-state index is 0.268. The number of hydrogen-bond acceptors (Lipinski definition) is 2. The van der Waals surface area contributed by atoms with Gasteiger partial charge in [-0.3, -0.25) is 0 Å². The lowest BCUT2D eigenvalue weighted by atomic mass is 9.99. The van der Waals surface area contributed by atoms with Gasteiger partial charge in [0.05, 0.1) is 0 Å². The summed E-state index contributed by atoms with van der Waals surface area (Å²) in [5, 5.41) is 7.24. The fourth-order valence-electron chi connectivity index (χ4n) is 2.61. The Morgan fingerprint density at radius 1 is 1.29 bits per heavy atom. The van der Waals surface area contributed by atoms with Gasteiger partial charge in [-0.1, -0.05) is 32.0 Å². The lowest BCUT2D eigenvalue weighted by Crippen LogP contribution is -2.31. The van der Waals surface area contributed by atoms with Gasteiger partial charge in [-0.25, -0.2) is 0 Å². The number of rotatable bonds is 3. The standard InChI is InChI=1S/C15H24N2/c1-11(2)13-7-5-6-8-14(13)17-12-9-15(3,4)16-10-12/h5-8,11-12,16-17H,9-10H2,1-4H3. The van der Waals surface area contributed by atoms with E-state index in [4.69, 9.17) is 0 Å². The molecule has 17 heavy (non-hydrogen) atoms. The van der Waals surface area contributed by atoms with E-state index in [0.717, 1.165) is 6.54 Å². The van der Waals surface area contributed by atoms with E-state index in [9.17, 15) is 0 Å². The van der Waals surface area contributed by atoms with E-state index in [2.05, 4.69) is 62.6 Å². The molecule has 0 aliphatic carbocycles. The second kappa shape index (κ2) is 4.69. The zero-order chi connectivity index (χ0) is 12.5. The lowest BCUT2D eigenvalue weighted by molar-refractivity contribution is 0.457. The first-order chi connectivity index (χ1) is 7.98. The van der Waals surface area contributed by atoms with Gasteiger partial charge < -0.3 is 10.6 Å². The van der Waals surface area contributed by atoms with Crippen molar-refractivity contribution < 1.29 is 0 Å². The van der Waals surface area contributed by atoms with Gasteiger partial charge in [-0.2, -0.15) is 0 Å². The van der Waals surface area contributed by atoms with Crippen LogP contribution < -0.4 is 10.6 Å². The Kier molecular flexibility index (Phi) is 3.43. The van der Waals surface area contributed by atoms with Crippen LogP contribution in [-0.4, -0.2) is 18.1 Å². The highest BCUT2D eigenvalue weighted by Gasteiger charge is 2.30. The molecular formula is C15H24N2. The van der Waals surface area contributed by atoms with Crippen molar-refractivity contribution in [3.05, 3.63) is 29.8 Å². The predicted octanol–water partition coefficient (Wildman–Crippen LogP) is 3.36. The topological polar surface area (TPSA) is 24.1 Å². The molecule has 0 amide bonds. The van der Waals surface area contributed by atoms with E-state index >= 15 is 0 Å². The first kappa shape index (κ1) is 12.4. The minimum atomic E-state index is 0.268. The molecule has 2 nitrogen and oxygen atoms in total. The molecule has 1 fully saturated rings. The second-order valence-electron chi connectivity index (χ2n) is 6.05. The fraction of sp³-hybridized carbons (Fsp3) is 0.600. The Balaban J connectivity index is 2.09. The Hall–Kier alpha value is -1.02. The molecule has 1 aliphatic rings. The normalized spacial score (nSPS) is 23.0. The molecule has 0 aromatic heterocycles. The summed E-state index contributed by atoms with van der Waals surface area (Å²) >= 11 is 0. The molecule has 0 saturated carbocycles. The van der Waals surface area contributed by atoms with Gasteiger partial charge in [0.1, 0.15) is 0 Å². The summed E-state index contributed by atoms with van der Waals surface area (Å²) in [4.78, 5) is 0. The zero-order valence-electron chi connectivity index (χ0n) is 11.4. The first-order valence-electron chi connectivity index (χ1n) is 6.58. The number of benzene rings is 1. The smallest absolute Gasteiger partial charge is 0.0403 e. The van der Waals surface area contributed by atoms with E-state index in [1.807, 2.05) is 0 Å². The molecule has 0 radical (unpaired) electrons. The Labute approximate surface area is 105 Å². The van der Waals surface area contributed by atoms with Crippen molar-refractivity contribution in [1.29, 1.82) is 0 Å². The molecule has 1 atom stereocenters. The molecule has 0 bridgehead atoms. The quantitative estimate of drug-likeness (QED) is 0.835. The number of para-hydroxylation sites is 1. The van der Waals surface area contributed by atoms with Gasteiger partial charge in [0.15, 0.2) is 0 Å². The molecule has 1 heterocycles. The molecular weight excluding hydrogens is 208 g/mol. The van der Waals surface area contributed by atoms with E-state index in [1.165, 1.54) is 17.7 Å². The van der Waals surface area contributed by atoms with Crippen LogP contribution in [-0.2, 0) is 0 Å². The SMILES string of the molecule is CC(C)c1ccccc1NC1CNC(C)(C)C1. The average Bonchev–Trinajstić information content (AvgIpc) is 2.58. The average molecular weight is 232 g/mol. The predicted molar refractivity (Wildman–Crippen MR) is 74.6 cm³/mol. The molecule has 1 saturated heterocycles. The van der Waals surface area contributed by atoms with Crippen LogP contribution in [0, 0.1) is 0 Å². The molecule has 1 unspecified atom stereocenters. The van der Waals surface area contributed by atoms with Crippen molar-refractivity contribution in [2.24, 2.45) is 0 Å². The van der Waals surface area contributed by atoms with E-state index in [0.29, 0.717) is 12.0 Å². The first-order valence-corrected chi connectivity index (χ1v) is 6.58. The van der Waals surface area contributed by atoms with Crippen LogP contribution in [0.2, 0.25) is 0 Å². The maximum atomic E-state index is 3.68. The Bertz CT molecular complexity index is 382. The van der Waals surface area contributed by atoms with Crippen molar-refractivity contribution in [3.63, 3.8) is 0 Å². The minimum Gasteiger partial charge on any atom is -0.381 e. The summed E-state index contributed by atoms with van der Waals surface area (Å²) in [6.45, 7) is 10.1. The molecule has 1 aromatic rings.